The molecule has 0 bridgehead atoms. The van der Waals surface area contributed by atoms with E-state index in [4.69, 9.17) is 14.2 Å². The van der Waals surface area contributed by atoms with Crippen LogP contribution < -0.4 is 0 Å². The van der Waals surface area contributed by atoms with Crippen LogP contribution in [0.25, 0.3) is 0 Å². The predicted molar refractivity (Wildman–Crippen MR) is 132 cm³/mol. The van der Waals surface area contributed by atoms with Gasteiger partial charge in [-0.05, 0) is 69.1 Å². The van der Waals surface area contributed by atoms with Gasteiger partial charge in [-0.2, -0.15) is 0 Å². The first-order valence-corrected chi connectivity index (χ1v) is 13.0. The van der Waals surface area contributed by atoms with Crippen LogP contribution in [-0.2, 0) is 28.6 Å². The van der Waals surface area contributed by atoms with E-state index in [0.717, 1.165) is 38.5 Å². The first-order valence-electron chi connectivity index (χ1n) is 13.0. The van der Waals surface area contributed by atoms with Gasteiger partial charge in [0.2, 0.25) is 0 Å². The third-order valence-corrected chi connectivity index (χ3v) is 5.60. The minimum Gasteiger partial charge on any atom is -0.466 e. The van der Waals surface area contributed by atoms with Crippen LogP contribution in [0.5, 0.6) is 0 Å². The number of hydrogen-bond donors (Lipinski definition) is 0. The molecule has 0 amide bonds. The van der Waals surface area contributed by atoms with Crippen LogP contribution in [-0.4, -0.2) is 37.7 Å². The number of carbonyl (C=O) groups excluding carboxylic acids is 3. The maximum absolute atomic E-state index is 12.7. The molecule has 0 aromatic heterocycles. The Morgan fingerprint density at radius 1 is 0.576 bits per heavy atom. The summed E-state index contributed by atoms with van der Waals surface area (Å²) in [6.07, 6.45) is 6.25. The van der Waals surface area contributed by atoms with Crippen LogP contribution in [0.4, 0.5) is 0 Å². The molecule has 0 fully saturated rings. The molecule has 0 rings (SSSR count). The zero-order valence-corrected chi connectivity index (χ0v) is 22.3. The molecule has 0 saturated heterocycles. The Bertz CT molecular complexity index is 541. The van der Waals surface area contributed by atoms with Gasteiger partial charge in [-0.3, -0.25) is 14.4 Å². The van der Waals surface area contributed by atoms with Gasteiger partial charge in [-0.25, -0.2) is 0 Å². The van der Waals surface area contributed by atoms with E-state index >= 15 is 0 Å². The quantitative estimate of drug-likeness (QED) is 0.124. The van der Waals surface area contributed by atoms with Crippen molar-refractivity contribution in [2.75, 3.05) is 19.8 Å². The normalized spacial score (nSPS) is 13.3. The third-order valence-electron chi connectivity index (χ3n) is 5.60. The summed E-state index contributed by atoms with van der Waals surface area (Å²) < 4.78 is 16.2. The summed E-state index contributed by atoms with van der Waals surface area (Å²) >= 11 is 0. The SMILES string of the molecule is CC(C)CCCOC(=O)CCC(CC(C)C(=O)OCCCC(C)C)C(=O)OCCCC(C)C. The van der Waals surface area contributed by atoms with Crippen LogP contribution in [0.1, 0.15) is 106 Å². The summed E-state index contributed by atoms with van der Waals surface area (Å²) in [7, 11) is 0. The Morgan fingerprint density at radius 2 is 1.00 bits per heavy atom. The highest BCUT2D eigenvalue weighted by Gasteiger charge is 2.27. The van der Waals surface area contributed by atoms with E-state index in [1.165, 1.54) is 0 Å². The molecule has 0 radical (unpaired) electrons. The van der Waals surface area contributed by atoms with Gasteiger partial charge in [0.25, 0.3) is 0 Å². The lowest BCUT2D eigenvalue weighted by molar-refractivity contribution is -0.153. The molecule has 0 aliphatic carbocycles. The molecule has 0 aromatic carbocycles. The molecule has 33 heavy (non-hydrogen) atoms. The van der Waals surface area contributed by atoms with Crippen LogP contribution in [0.2, 0.25) is 0 Å². The van der Waals surface area contributed by atoms with E-state index in [1.807, 2.05) is 0 Å². The van der Waals surface area contributed by atoms with Crippen molar-refractivity contribution in [1.82, 2.24) is 0 Å². The second-order valence-corrected chi connectivity index (χ2v) is 10.5. The summed E-state index contributed by atoms with van der Waals surface area (Å²) in [5.41, 5.74) is 0. The van der Waals surface area contributed by atoms with Crippen molar-refractivity contribution in [3.63, 3.8) is 0 Å². The molecule has 2 unspecified atom stereocenters. The van der Waals surface area contributed by atoms with Crippen molar-refractivity contribution >= 4 is 17.9 Å². The highest BCUT2D eigenvalue weighted by Crippen LogP contribution is 2.21. The second-order valence-electron chi connectivity index (χ2n) is 10.5. The molecule has 6 nitrogen and oxygen atoms in total. The van der Waals surface area contributed by atoms with Gasteiger partial charge in [0.05, 0.1) is 31.7 Å². The molecular weight excluding hydrogens is 420 g/mol. The number of ether oxygens (including phenoxy) is 3. The van der Waals surface area contributed by atoms with E-state index < -0.39 is 11.8 Å². The lowest BCUT2D eigenvalue weighted by atomic mass is 9.92. The molecular formula is C27H50O6. The predicted octanol–water partition coefficient (Wildman–Crippen LogP) is 6.35. The summed E-state index contributed by atoms with van der Waals surface area (Å²) in [6, 6.07) is 0. The van der Waals surface area contributed by atoms with E-state index in [2.05, 4.69) is 41.5 Å². The van der Waals surface area contributed by atoms with Crippen LogP contribution >= 0.6 is 0 Å². The fraction of sp³-hybridized carbons (Fsp3) is 0.889. The molecule has 0 spiro atoms. The molecule has 0 N–H and O–H groups in total. The fourth-order valence-electron chi connectivity index (χ4n) is 3.49. The Morgan fingerprint density at radius 3 is 1.45 bits per heavy atom. The van der Waals surface area contributed by atoms with Gasteiger partial charge in [-0.15, -0.1) is 0 Å². The van der Waals surface area contributed by atoms with E-state index in [9.17, 15) is 14.4 Å². The molecule has 194 valence electrons. The third kappa shape index (κ3) is 18.5. The summed E-state index contributed by atoms with van der Waals surface area (Å²) in [4.78, 5) is 37.2. The maximum atomic E-state index is 12.7. The zero-order chi connectivity index (χ0) is 25.2. The first-order chi connectivity index (χ1) is 15.5. The van der Waals surface area contributed by atoms with Crippen LogP contribution in [0.15, 0.2) is 0 Å². The Kier molecular flexibility index (Phi) is 17.9. The average molecular weight is 471 g/mol. The van der Waals surface area contributed by atoms with Crippen molar-refractivity contribution in [2.24, 2.45) is 29.6 Å². The number of carbonyl (C=O) groups is 3. The van der Waals surface area contributed by atoms with Crippen molar-refractivity contribution in [3.05, 3.63) is 0 Å². The Balaban J connectivity index is 4.67. The number of rotatable bonds is 19. The summed E-state index contributed by atoms with van der Waals surface area (Å²) in [5.74, 6) is -0.203. The van der Waals surface area contributed by atoms with Crippen molar-refractivity contribution in [3.8, 4) is 0 Å². The van der Waals surface area contributed by atoms with Crippen molar-refractivity contribution in [1.29, 1.82) is 0 Å². The van der Waals surface area contributed by atoms with Crippen LogP contribution in [0.3, 0.4) is 0 Å². The standard InChI is InChI=1S/C27H50O6/c1-20(2)11-8-16-31-25(28)15-14-24(27(30)33-18-10-13-22(5)6)19-23(7)26(29)32-17-9-12-21(3)4/h20-24H,8-19H2,1-7H3. The minimum atomic E-state index is -0.523. The maximum Gasteiger partial charge on any atom is 0.308 e. The number of esters is 3. The highest BCUT2D eigenvalue weighted by molar-refractivity contribution is 5.77. The second kappa shape index (κ2) is 18.8. The van der Waals surface area contributed by atoms with E-state index in [1.54, 1.807) is 6.92 Å². The van der Waals surface area contributed by atoms with Crippen molar-refractivity contribution < 1.29 is 28.6 Å². The molecule has 0 heterocycles. The van der Waals surface area contributed by atoms with Gasteiger partial charge >= 0.3 is 17.9 Å². The topological polar surface area (TPSA) is 78.9 Å². The summed E-state index contributed by atoms with van der Waals surface area (Å²) in [6.45, 7) is 15.7. The molecule has 0 aliphatic heterocycles. The first kappa shape index (κ1) is 31.4. The minimum absolute atomic E-state index is 0.142. The van der Waals surface area contributed by atoms with Gasteiger partial charge in [-0.1, -0.05) is 48.5 Å². The average Bonchev–Trinajstić information content (AvgIpc) is 2.73. The van der Waals surface area contributed by atoms with Crippen molar-refractivity contribution in [2.45, 2.75) is 106 Å². The fourth-order valence-corrected chi connectivity index (χ4v) is 3.49. The molecule has 0 aromatic rings. The van der Waals surface area contributed by atoms with Gasteiger partial charge < -0.3 is 14.2 Å². The molecule has 0 saturated carbocycles. The summed E-state index contributed by atoms with van der Waals surface area (Å²) in [5, 5.41) is 0. The molecule has 6 heteroatoms. The lowest BCUT2D eigenvalue weighted by Crippen LogP contribution is -2.26. The molecule has 2 atom stereocenters. The highest BCUT2D eigenvalue weighted by atomic mass is 16.5. The molecule has 0 aliphatic rings. The van der Waals surface area contributed by atoms with E-state index in [0.29, 0.717) is 50.4 Å². The monoisotopic (exact) mass is 470 g/mol. The van der Waals surface area contributed by atoms with Gasteiger partial charge in [0.15, 0.2) is 0 Å². The number of hydrogen-bond acceptors (Lipinski definition) is 6. The largest absolute Gasteiger partial charge is 0.466 e. The van der Waals surface area contributed by atoms with Crippen LogP contribution in [0, 0.1) is 29.6 Å². The van der Waals surface area contributed by atoms with Gasteiger partial charge in [0.1, 0.15) is 0 Å². The smallest absolute Gasteiger partial charge is 0.308 e. The van der Waals surface area contributed by atoms with E-state index in [-0.39, 0.29) is 24.3 Å². The Hall–Kier alpha value is -1.59. The zero-order valence-electron chi connectivity index (χ0n) is 22.3. The Labute approximate surface area is 202 Å². The lowest BCUT2D eigenvalue weighted by Gasteiger charge is -2.19. The van der Waals surface area contributed by atoms with Gasteiger partial charge in [0, 0.05) is 6.42 Å².